The maximum atomic E-state index is 4.51. The van der Waals surface area contributed by atoms with Crippen molar-refractivity contribution in [3.05, 3.63) is 53.3 Å². The second kappa shape index (κ2) is 7.25. The highest BCUT2D eigenvalue weighted by Crippen LogP contribution is 2.19. The van der Waals surface area contributed by atoms with Gasteiger partial charge in [0, 0.05) is 18.3 Å². The van der Waals surface area contributed by atoms with E-state index in [-0.39, 0.29) is 0 Å². The summed E-state index contributed by atoms with van der Waals surface area (Å²) in [6.07, 6.45) is 3.42. The van der Waals surface area contributed by atoms with Crippen molar-refractivity contribution in [2.45, 2.75) is 45.7 Å². The Balaban J connectivity index is 1.91. The van der Waals surface area contributed by atoms with E-state index < -0.39 is 0 Å². The normalized spacial score (nSPS) is 12.6. The maximum Gasteiger partial charge on any atom is 0.0596 e. The Morgan fingerprint density at radius 3 is 2.65 bits per heavy atom. The van der Waals surface area contributed by atoms with Gasteiger partial charge in [0.1, 0.15) is 0 Å². The molecule has 1 N–H and O–H groups in total. The van der Waals surface area contributed by atoms with E-state index in [0.717, 1.165) is 25.1 Å². The van der Waals surface area contributed by atoms with Crippen LogP contribution in [0, 0.1) is 6.92 Å². The SMILES string of the molecule is CCn1nc(C)cc1CCCC(NC)c1ccccc1. The van der Waals surface area contributed by atoms with Gasteiger partial charge in [0.2, 0.25) is 0 Å². The standard InChI is InChI=1S/C17H25N3/c1-4-20-16(13-14(2)19-20)11-8-12-17(18-3)15-9-6-5-7-10-15/h5-7,9-10,13,17-18H,4,8,11-12H2,1-3H3. The van der Waals surface area contributed by atoms with Crippen molar-refractivity contribution in [3.8, 4) is 0 Å². The van der Waals surface area contributed by atoms with Crippen LogP contribution in [-0.4, -0.2) is 16.8 Å². The van der Waals surface area contributed by atoms with Crippen LogP contribution in [0.1, 0.15) is 42.8 Å². The zero-order valence-electron chi connectivity index (χ0n) is 12.8. The molecule has 108 valence electrons. The highest BCUT2D eigenvalue weighted by molar-refractivity contribution is 5.18. The van der Waals surface area contributed by atoms with Gasteiger partial charge < -0.3 is 5.32 Å². The fraction of sp³-hybridized carbons (Fsp3) is 0.471. The largest absolute Gasteiger partial charge is 0.313 e. The van der Waals surface area contributed by atoms with E-state index >= 15 is 0 Å². The average Bonchev–Trinajstić information content (AvgIpc) is 2.84. The van der Waals surface area contributed by atoms with E-state index in [1.54, 1.807) is 0 Å². The molecule has 1 aromatic heterocycles. The molecule has 20 heavy (non-hydrogen) atoms. The first kappa shape index (κ1) is 14.8. The first-order chi connectivity index (χ1) is 9.74. The third-order valence-electron chi connectivity index (χ3n) is 3.76. The Morgan fingerprint density at radius 2 is 2.00 bits per heavy atom. The Bertz CT molecular complexity index is 516. The smallest absolute Gasteiger partial charge is 0.0596 e. The molecule has 3 heteroatoms. The summed E-state index contributed by atoms with van der Waals surface area (Å²) >= 11 is 0. The number of nitrogens with one attached hydrogen (secondary N) is 1. The van der Waals surface area contributed by atoms with Crippen molar-refractivity contribution >= 4 is 0 Å². The Hall–Kier alpha value is -1.61. The minimum atomic E-state index is 0.440. The molecule has 0 saturated carbocycles. The predicted octanol–water partition coefficient (Wildman–Crippen LogP) is 3.49. The van der Waals surface area contributed by atoms with Crippen molar-refractivity contribution in [2.75, 3.05) is 7.05 Å². The molecular formula is C17H25N3. The van der Waals surface area contributed by atoms with Gasteiger partial charge in [-0.2, -0.15) is 5.10 Å². The highest BCUT2D eigenvalue weighted by atomic mass is 15.3. The number of aromatic nitrogens is 2. The van der Waals surface area contributed by atoms with E-state index in [9.17, 15) is 0 Å². The molecule has 0 amide bonds. The minimum Gasteiger partial charge on any atom is -0.313 e. The number of hydrogen-bond donors (Lipinski definition) is 1. The Labute approximate surface area is 122 Å². The molecule has 1 unspecified atom stereocenters. The van der Waals surface area contributed by atoms with Crippen molar-refractivity contribution in [1.29, 1.82) is 0 Å². The zero-order valence-corrected chi connectivity index (χ0v) is 12.8. The summed E-state index contributed by atoms with van der Waals surface area (Å²) in [5.41, 5.74) is 3.85. The number of nitrogens with zero attached hydrogens (tertiary/aromatic N) is 2. The molecule has 3 nitrogen and oxygen atoms in total. The number of hydrogen-bond acceptors (Lipinski definition) is 2. The molecule has 1 aromatic carbocycles. The van der Waals surface area contributed by atoms with Gasteiger partial charge in [0.25, 0.3) is 0 Å². The summed E-state index contributed by atoms with van der Waals surface area (Å²) in [7, 11) is 2.04. The van der Waals surface area contributed by atoms with E-state index in [1.807, 2.05) is 7.05 Å². The van der Waals surface area contributed by atoms with Gasteiger partial charge in [-0.3, -0.25) is 4.68 Å². The lowest BCUT2D eigenvalue weighted by Gasteiger charge is -2.16. The summed E-state index contributed by atoms with van der Waals surface area (Å²) in [6.45, 7) is 5.17. The van der Waals surface area contributed by atoms with Crippen molar-refractivity contribution in [2.24, 2.45) is 0 Å². The van der Waals surface area contributed by atoms with E-state index in [0.29, 0.717) is 6.04 Å². The number of rotatable bonds is 7. The third kappa shape index (κ3) is 3.70. The quantitative estimate of drug-likeness (QED) is 0.835. The molecule has 0 saturated heterocycles. The van der Waals surface area contributed by atoms with Crippen LogP contribution < -0.4 is 5.32 Å². The molecule has 0 aliphatic rings. The molecule has 1 atom stereocenters. The minimum absolute atomic E-state index is 0.440. The van der Waals surface area contributed by atoms with E-state index in [4.69, 9.17) is 0 Å². The van der Waals surface area contributed by atoms with Gasteiger partial charge in [-0.05, 0) is 51.8 Å². The van der Waals surface area contributed by atoms with Gasteiger partial charge in [-0.1, -0.05) is 30.3 Å². The second-order valence-corrected chi connectivity index (χ2v) is 5.24. The van der Waals surface area contributed by atoms with E-state index in [2.05, 4.69) is 65.3 Å². The molecule has 0 aliphatic heterocycles. The molecule has 0 aliphatic carbocycles. The average molecular weight is 271 g/mol. The molecule has 2 rings (SSSR count). The van der Waals surface area contributed by atoms with Crippen molar-refractivity contribution < 1.29 is 0 Å². The first-order valence-electron chi connectivity index (χ1n) is 7.50. The van der Waals surface area contributed by atoms with Crippen LogP contribution in [0.2, 0.25) is 0 Å². The second-order valence-electron chi connectivity index (χ2n) is 5.24. The molecule has 0 radical (unpaired) electrons. The summed E-state index contributed by atoms with van der Waals surface area (Å²) in [5.74, 6) is 0. The van der Waals surface area contributed by atoms with Crippen LogP contribution in [0.15, 0.2) is 36.4 Å². The third-order valence-corrected chi connectivity index (χ3v) is 3.76. The fourth-order valence-electron chi connectivity index (χ4n) is 2.72. The lowest BCUT2D eigenvalue weighted by Crippen LogP contribution is -2.16. The van der Waals surface area contributed by atoms with Gasteiger partial charge in [-0.25, -0.2) is 0 Å². The number of aryl methyl sites for hydroxylation is 3. The molecule has 0 spiro atoms. The highest BCUT2D eigenvalue weighted by Gasteiger charge is 2.09. The lowest BCUT2D eigenvalue weighted by molar-refractivity contribution is 0.515. The van der Waals surface area contributed by atoms with Gasteiger partial charge in [-0.15, -0.1) is 0 Å². The Kier molecular flexibility index (Phi) is 5.36. The molecule has 1 heterocycles. The molecular weight excluding hydrogens is 246 g/mol. The van der Waals surface area contributed by atoms with Crippen LogP contribution >= 0.6 is 0 Å². The summed E-state index contributed by atoms with van der Waals surface area (Å²) in [4.78, 5) is 0. The number of benzene rings is 1. The summed E-state index contributed by atoms with van der Waals surface area (Å²) in [5, 5.41) is 7.92. The summed E-state index contributed by atoms with van der Waals surface area (Å²) in [6, 6.07) is 13.3. The molecule has 0 fully saturated rings. The van der Waals surface area contributed by atoms with Crippen LogP contribution in [0.4, 0.5) is 0 Å². The summed E-state index contributed by atoms with van der Waals surface area (Å²) < 4.78 is 2.12. The fourth-order valence-corrected chi connectivity index (χ4v) is 2.72. The van der Waals surface area contributed by atoms with Crippen LogP contribution in [0.25, 0.3) is 0 Å². The predicted molar refractivity (Wildman–Crippen MR) is 83.8 cm³/mol. The van der Waals surface area contributed by atoms with Gasteiger partial charge >= 0.3 is 0 Å². The first-order valence-corrected chi connectivity index (χ1v) is 7.50. The van der Waals surface area contributed by atoms with Crippen molar-refractivity contribution in [3.63, 3.8) is 0 Å². The van der Waals surface area contributed by atoms with E-state index in [1.165, 1.54) is 17.7 Å². The Morgan fingerprint density at radius 1 is 1.25 bits per heavy atom. The molecule has 2 aromatic rings. The maximum absolute atomic E-state index is 4.51. The van der Waals surface area contributed by atoms with Gasteiger partial charge in [0.05, 0.1) is 5.69 Å². The van der Waals surface area contributed by atoms with Crippen LogP contribution in [0.3, 0.4) is 0 Å². The van der Waals surface area contributed by atoms with Crippen LogP contribution in [-0.2, 0) is 13.0 Å². The van der Waals surface area contributed by atoms with Crippen LogP contribution in [0.5, 0.6) is 0 Å². The monoisotopic (exact) mass is 271 g/mol. The topological polar surface area (TPSA) is 29.9 Å². The lowest BCUT2D eigenvalue weighted by atomic mass is 10.0. The van der Waals surface area contributed by atoms with Crippen molar-refractivity contribution in [1.82, 2.24) is 15.1 Å². The molecule has 0 bridgehead atoms. The van der Waals surface area contributed by atoms with Gasteiger partial charge in [0.15, 0.2) is 0 Å². The zero-order chi connectivity index (χ0) is 14.4.